The van der Waals surface area contributed by atoms with Crippen molar-refractivity contribution in [2.45, 2.75) is 32.2 Å². The third-order valence-electron chi connectivity index (χ3n) is 3.76. The van der Waals surface area contributed by atoms with E-state index in [0.29, 0.717) is 19.5 Å². The molecule has 0 unspecified atom stereocenters. The molecule has 5 N–H and O–H groups in total. The Hall–Kier alpha value is -2.34. The Bertz CT molecular complexity index is 665. The second-order valence-electron chi connectivity index (χ2n) is 5.50. The van der Waals surface area contributed by atoms with Gasteiger partial charge < -0.3 is 21.4 Å². The summed E-state index contributed by atoms with van der Waals surface area (Å²) in [5.74, 6) is -0.288. The van der Waals surface area contributed by atoms with E-state index < -0.39 is 6.04 Å². The van der Waals surface area contributed by atoms with Crippen LogP contribution in [-0.2, 0) is 16.0 Å². The van der Waals surface area contributed by atoms with Crippen LogP contribution in [0.15, 0.2) is 30.5 Å². The predicted octanol–water partition coefficient (Wildman–Crippen LogP) is 1.07. The maximum absolute atomic E-state index is 11.9. The predicted molar refractivity (Wildman–Crippen MR) is 90.9 cm³/mol. The van der Waals surface area contributed by atoms with Crippen LogP contribution in [0.25, 0.3) is 10.9 Å². The summed E-state index contributed by atoms with van der Waals surface area (Å²) in [5.41, 5.74) is 8.07. The first kappa shape index (κ1) is 17.0. The van der Waals surface area contributed by atoms with Gasteiger partial charge in [-0.05, 0) is 31.4 Å². The molecule has 1 heterocycles. The van der Waals surface area contributed by atoms with E-state index in [4.69, 9.17) is 5.73 Å². The molecule has 1 atom stereocenters. The Labute approximate surface area is 135 Å². The number of aromatic nitrogens is 1. The van der Waals surface area contributed by atoms with Gasteiger partial charge >= 0.3 is 0 Å². The largest absolute Gasteiger partial charge is 0.361 e. The van der Waals surface area contributed by atoms with E-state index in [-0.39, 0.29) is 18.2 Å². The van der Waals surface area contributed by atoms with Gasteiger partial charge in [-0.3, -0.25) is 9.59 Å². The third-order valence-corrected chi connectivity index (χ3v) is 3.76. The van der Waals surface area contributed by atoms with Crippen molar-refractivity contribution in [3.8, 4) is 0 Å². The highest BCUT2D eigenvalue weighted by Gasteiger charge is 2.14. The normalized spacial score (nSPS) is 12.1. The zero-order chi connectivity index (χ0) is 16.7. The van der Waals surface area contributed by atoms with Crippen LogP contribution in [-0.4, -0.2) is 35.9 Å². The summed E-state index contributed by atoms with van der Waals surface area (Å²) < 4.78 is 0. The average Bonchev–Trinajstić information content (AvgIpc) is 2.96. The number of nitrogens with one attached hydrogen (secondary N) is 3. The van der Waals surface area contributed by atoms with E-state index in [0.717, 1.165) is 17.5 Å². The summed E-state index contributed by atoms with van der Waals surface area (Å²) >= 11 is 0. The summed E-state index contributed by atoms with van der Waals surface area (Å²) in [6.07, 6.45) is 3.32. The molecule has 0 aliphatic carbocycles. The second-order valence-corrected chi connectivity index (χ2v) is 5.50. The minimum atomic E-state index is -0.652. The van der Waals surface area contributed by atoms with Gasteiger partial charge in [0.2, 0.25) is 11.8 Å². The first-order chi connectivity index (χ1) is 11.1. The first-order valence-electron chi connectivity index (χ1n) is 7.96. The fourth-order valence-corrected chi connectivity index (χ4v) is 2.49. The maximum atomic E-state index is 11.9. The highest BCUT2D eigenvalue weighted by molar-refractivity contribution is 5.84. The number of carbonyl (C=O) groups is 2. The molecule has 0 aliphatic heterocycles. The molecular weight excluding hydrogens is 292 g/mol. The molecule has 2 rings (SSSR count). The number of hydrogen-bond donors (Lipinski definition) is 4. The molecule has 0 spiro atoms. The molecule has 23 heavy (non-hydrogen) atoms. The van der Waals surface area contributed by atoms with E-state index in [1.54, 1.807) is 0 Å². The molecule has 1 aromatic carbocycles. The number of fused-ring (bicyclic) bond motifs is 1. The molecular formula is C17H24N4O2. The summed E-state index contributed by atoms with van der Waals surface area (Å²) in [4.78, 5) is 26.5. The Morgan fingerprint density at radius 3 is 2.83 bits per heavy atom. The molecule has 0 radical (unpaired) electrons. The second kappa shape index (κ2) is 8.33. The number of amides is 2. The van der Waals surface area contributed by atoms with Gasteiger partial charge in [0.1, 0.15) is 0 Å². The third kappa shape index (κ3) is 4.82. The number of aromatic amines is 1. The molecule has 0 aliphatic rings. The topological polar surface area (TPSA) is 100 Å². The van der Waals surface area contributed by atoms with Crippen molar-refractivity contribution in [2.75, 3.05) is 13.1 Å². The highest BCUT2D eigenvalue weighted by Crippen LogP contribution is 2.17. The van der Waals surface area contributed by atoms with Gasteiger partial charge in [-0.15, -0.1) is 0 Å². The summed E-state index contributed by atoms with van der Waals surface area (Å²) in [5, 5.41) is 6.69. The van der Waals surface area contributed by atoms with Gasteiger partial charge in [0.15, 0.2) is 0 Å². The van der Waals surface area contributed by atoms with Gasteiger partial charge in [-0.1, -0.05) is 18.2 Å². The van der Waals surface area contributed by atoms with Crippen molar-refractivity contribution in [1.29, 1.82) is 0 Å². The molecule has 0 fully saturated rings. The van der Waals surface area contributed by atoms with Crippen molar-refractivity contribution < 1.29 is 9.59 Å². The lowest BCUT2D eigenvalue weighted by Gasteiger charge is -2.12. The molecule has 2 amide bonds. The number of H-pyrrole nitrogens is 1. The van der Waals surface area contributed by atoms with Gasteiger partial charge in [0, 0.05) is 36.6 Å². The van der Waals surface area contributed by atoms with E-state index in [1.165, 1.54) is 5.39 Å². The Morgan fingerprint density at radius 2 is 2.04 bits per heavy atom. The highest BCUT2D eigenvalue weighted by atomic mass is 16.2. The van der Waals surface area contributed by atoms with Gasteiger partial charge in [0.05, 0.1) is 6.04 Å². The number of carbonyl (C=O) groups excluding carboxylic acids is 2. The van der Waals surface area contributed by atoms with E-state index in [2.05, 4.69) is 21.7 Å². The molecule has 2 aromatic rings. The molecule has 0 saturated heterocycles. The maximum Gasteiger partial charge on any atom is 0.236 e. The van der Waals surface area contributed by atoms with Crippen molar-refractivity contribution in [1.82, 2.24) is 15.6 Å². The van der Waals surface area contributed by atoms with Crippen molar-refractivity contribution in [2.24, 2.45) is 5.73 Å². The monoisotopic (exact) mass is 316 g/mol. The lowest BCUT2D eigenvalue weighted by atomic mass is 10.1. The van der Waals surface area contributed by atoms with E-state index >= 15 is 0 Å². The lowest BCUT2D eigenvalue weighted by Crippen LogP contribution is -2.42. The Morgan fingerprint density at radius 1 is 1.26 bits per heavy atom. The van der Waals surface area contributed by atoms with E-state index in [9.17, 15) is 9.59 Å². The zero-order valence-corrected chi connectivity index (χ0v) is 13.4. The van der Waals surface area contributed by atoms with Crippen molar-refractivity contribution in [3.63, 3.8) is 0 Å². The van der Waals surface area contributed by atoms with Gasteiger partial charge in [-0.2, -0.15) is 0 Å². The zero-order valence-electron chi connectivity index (χ0n) is 13.4. The number of nitrogens with two attached hydrogens (primary N) is 1. The van der Waals surface area contributed by atoms with Crippen LogP contribution < -0.4 is 16.4 Å². The molecule has 6 nitrogen and oxygen atoms in total. The Kier molecular flexibility index (Phi) is 6.17. The first-order valence-corrected chi connectivity index (χ1v) is 7.96. The van der Waals surface area contributed by atoms with Crippen molar-refractivity contribution in [3.05, 3.63) is 36.0 Å². The molecule has 1 aromatic heterocycles. The average molecular weight is 316 g/mol. The number of rotatable bonds is 8. The summed E-state index contributed by atoms with van der Waals surface area (Å²) in [7, 11) is 0. The number of benzene rings is 1. The SMILES string of the molecule is CCNC(=O)CC[C@H](N)C(=O)NCCc1c[nH]c2ccccc12. The number of hydrogen-bond acceptors (Lipinski definition) is 3. The minimum absolute atomic E-state index is 0.0745. The quantitative estimate of drug-likeness (QED) is 0.586. The summed E-state index contributed by atoms with van der Waals surface area (Å²) in [6.45, 7) is 2.97. The fraction of sp³-hybridized carbons (Fsp3) is 0.412. The molecule has 6 heteroatoms. The van der Waals surface area contributed by atoms with Crippen LogP contribution in [0.2, 0.25) is 0 Å². The van der Waals surface area contributed by atoms with Gasteiger partial charge in [-0.25, -0.2) is 0 Å². The van der Waals surface area contributed by atoms with Crippen LogP contribution in [0.3, 0.4) is 0 Å². The summed E-state index contributed by atoms with van der Waals surface area (Å²) in [6, 6.07) is 7.41. The van der Waals surface area contributed by atoms with Gasteiger partial charge in [0.25, 0.3) is 0 Å². The smallest absolute Gasteiger partial charge is 0.236 e. The van der Waals surface area contributed by atoms with Crippen LogP contribution >= 0.6 is 0 Å². The van der Waals surface area contributed by atoms with Crippen LogP contribution in [0.1, 0.15) is 25.3 Å². The minimum Gasteiger partial charge on any atom is -0.361 e. The molecule has 0 bridgehead atoms. The van der Waals surface area contributed by atoms with Crippen molar-refractivity contribution >= 4 is 22.7 Å². The lowest BCUT2D eigenvalue weighted by molar-refractivity contribution is -0.123. The number of para-hydroxylation sites is 1. The van der Waals surface area contributed by atoms with Crippen LogP contribution in [0, 0.1) is 0 Å². The van der Waals surface area contributed by atoms with Crippen LogP contribution in [0.4, 0.5) is 0 Å². The fourth-order valence-electron chi connectivity index (χ4n) is 2.49. The standard InChI is InChI=1S/C17H24N4O2/c1-2-19-16(22)8-7-14(18)17(23)20-10-9-12-11-21-15-6-4-3-5-13(12)15/h3-6,11,14,21H,2,7-10,18H2,1H3,(H,19,22)(H,20,23)/t14-/m0/s1. The molecule has 124 valence electrons. The van der Waals surface area contributed by atoms with Crippen LogP contribution in [0.5, 0.6) is 0 Å². The molecule has 0 saturated carbocycles. The van der Waals surface area contributed by atoms with E-state index in [1.807, 2.05) is 31.3 Å². The Balaban J connectivity index is 1.75.